The highest BCUT2D eigenvalue weighted by Crippen LogP contribution is 2.11. The Hall–Kier alpha value is -1.68. The first-order chi connectivity index (χ1) is 7.20. The summed E-state index contributed by atoms with van der Waals surface area (Å²) >= 11 is 1.24. The number of carboxylic acid groups (broad SMARTS) is 1. The minimum absolute atomic E-state index is 0.332. The molecule has 0 amide bonds. The molecule has 1 heterocycles. The van der Waals surface area contributed by atoms with Crippen LogP contribution in [0.2, 0.25) is 0 Å². The van der Waals surface area contributed by atoms with Crippen molar-refractivity contribution in [2.45, 2.75) is 6.92 Å². The van der Waals surface area contributed by atoms with Crippen molar-refractivity contribution in [3.8, 4) is 5.69 Å². The van der Waals surface area contributed by atoms with Crippen LogP contribution in [-0.4, -0.2) is 11.1 Å². The molecule has 2 aromatic rings. The van der Waals surface area contributed by atoms with Crippen LogP contribution in [0.25, 0.3) is 5.69 Å². The molecule has 0 aliphatic carbocycles. The molecule has 0 saturated heterocycles. The van der Waals surface area contributed by atoms with Gasteiger partial charge in [-0.3, -0.25) is 0 Å². The number of carbonyl (C=O) groups is 1. The smallest absolute Gasteiger partial charge is 0.413 e. The Labute approximate surface area is 91.2 Å². The number of rotatable bonds is 2. The lowest BCUT2D eigenvalue weighted by atomic mass is 10.3. The van der Waals surface area contributed by atoms with Gasteiger partial charge in [0.15, 0.2) is 5.69 Å². The molecule has 0 unspecified atom stereocenters. The number of hydrogen-bond acceptors (Lipinski definition) is 2. The van der Waals surface area contributed by atoms with Gasteiger partial charge in [0.1, 0.15) is 0 Å². The molecule has 0 aliphatic rings. The normalized spacial score (nSPS) is 10.2. The van der Waals surface area contributed by atoms with Gasteiger partial charge in [-0.2, -0.15) is 0 Å². The molecule has 15 heavy (non-hydrogen) atoms. The lowest BCUT2D eigenvalue weighted by Gasteiger charge is -1.95. The summed E-state index contributed by atoms with van der Waals surface area (Å²) in [6, 6.07) is 9.49. The van der Waals surface area contributed by atoms with Crippen molar-refractivity contribution >= 4 is 17.3 Å². The van der Waals surface area contributed by atoms with E-state index in [0.29, 0.717) is 5.01 Å². The summed E-state index contributed by atoms with van der Waals surface area (Å²) in [5.74, 6) is -0.892. The van der Waals surface area contributed by atoms with Crippen molar-refractivity contribution in [3.63, 3.8) is 0 Å². The molecule has 1 aromatic carbocycles. The number of hydrogen-bond donors (Lipinski definition) is 1. The van der Waals surface area contributed by atoms with Gasteiger partial charge in [-0.05, 0) is 0 Å². The van der Waals surface area contributed by atoms with Crippen LogP contribution in [-0.2, 0) is 0 Å². The second-order valence-electron chi connectivity index (χ2n) is 3.16. The summed E-state index contributed by atoms with van der Waals surface area (Å²) in [5, 5.41) is 11.2. The molecule has 0 atom stereocenters. The van der Waals surface area contributed by atoms with Crippen LogP contribution in [0.1, 0.15) is 15.5 Å². The van der Waals surface area contributed by atoms with Gasteiger partial charge in [-0.1, -0.05) is 29.5 Å². The number of carboxylic acids is 1. The maximum atomic E-state index is 11.0. The Morgan fingerprint density at radius 3 is 2.60 bits per heavy atom. The van der Waals surface area contributed by atoms with Crippen LogP contribution in [0.3, 0.4) is 0 Å². The van der Waals surface area contributed by atoms with E-state index in [9.17, 15) is 4.79 Å². The number of thiazole rings is 1. The number of para-hydroxylation sites is 1. The summed E-state index contributed by atoms with van der Waals surface area (Å²) in [6.45, 7) is 1.90. The van der Waals surface area contributed by atoms with E-state index in [-0.39, 0.29) is 0 Å². The van der Waals surface area contributed by atoms with E-state index in [2.05, 4.69) is 0 Å². The highest BCUT2D eigenvalue weighted by atomic mass is 32.1. The summed E-state index contributed by atoms with van der Waals surface area (Å²) in [4.78, 5) is 11.0. The summed E-state index contributed by atoms with van der Waals surface area (Å²) in [5.41, 5.74) is 1.82. The van der Waals surface area contributed by atoms with Crippen LogP contribution in [0, 0.1) is 6.92 Å². The molecule has 1 N–H and O–H groups in total. The van der Waals surface area contributed by atoms with Crippen molar-refractivity contribution in [2.75, 3.05) is 0 Å². The lowest BCUT2D eigenvalue weighted by molar-refractivity contribution is -0.600. The van der Waals surface area contributed by atoms with Crippen molar-refractivity contribution in [1.29, 1.82) is 0 Å². The Morgan fingerprint density at radius 2 is 2.00 bits per heavy atom. The fourth-order valence-corrected chi connectivity index (χ4v) is 2.29. The maximum Gasteiger partial charge on any atom is 0.413 e. The predicted octanol–water partition coefficient (Wildman–Crippen LogP) is 2.03. The van der Waals surface area contributed by atoms with Crippen LogP contribution in [0.5, 0.6) is 0 Å². The molecular weight excluding hydrogens is 210 g/mol. The molecule has 0 saturated carbocycles. The molecule has 2 rings (SSSR count). The Bertz CT molecular complexity index is 491. The van der Waals surface area contributed by atoms with Crippen molar-refractivity contribution < 1.29 is 14.5 Å². The molecule has 3 nitrogen and oxygen atoms in total. The number of aromatic carboxylic acids is 1. The fraction of sp³-hybridized carbons (Fsp3) is 0.0909. The molecule has 1 aromatic heterocycles. The quantitative estimate of drug-likeness (QED) is 0.787. The summed E-state index contributed by atoms with van der Waals surface area (Å²) in [7, 11) is 0. The lowest BCUT2D eigenvalue weighted by Crippen LogP contribution is -2.37. The van der Waals surface area contributed by atoms with Crippen LogP contribution < -0.4 is 4.57 Å². The second-order valence-corrected chi connectivity index (χ2v) is 4.02. The number of benzene rings is 1. The monoisotopic (exact) mass is 220 g/mol. The topological polar surface area (TPSA) is 41.2 Å². The zero-order valence-corrected chi connectivity index (χ0v) is 8.99. The van der Waals surface area contributed by atoms with E-state index in [1.165, 1.54) is 11.3 Å². The number of nitrogens with zero attached hydrogens (tertiary/aromatic N) is 1. The average molecular weight is 220 g/mol. The SMILES string of the molecule is Cc1csc(C(=O)O)[n+]1-c1ccccc1. The van der Waals surface area contributed by atoms with E-state index < -0.39 is 5.97 Å². The number of aromatic nitrogens is 1. The van der Waals surface area contributed by atoms with Crippen molar-refractivity contribution in [3.05, 3.63) is 46.4 Å². The van der Waals surface area contributed by atoms with E-state index in [1.54, 1.807) is 4.57 Å². The molecule has 0 fully saturated rings. The van der Waals surface area contributed by atoms with Crippen LogP contribution >= 0.6 is 11.3 Å². The Morgan fingerprint density at radius 1 is 1.33 bits per heavy atom. The third kappa shape index (κ3) is 1.76. The van der Waals surface area contributed by atoms with Crippen molar-refractivity contribution in [1.82, 2.24) is 0 Å². The molecular formula is C11H10NO2S+. The van der Waals surface area contributed by atoms with Gasteiger partial charge in [-0.25, -0.2) is 4.79 Å². The summed E-state index contributed by atoms with van der Waals surface area (Å²) in [6.07, 6.45) is 0. The summed E-state index contributed by atoms with van der Waals surface area (Å²) < 4.78 is 1.74. The minimum Gasteiger partial charge on any atom is -0.473 e. The second kappa shape index (κ2) is 3.82. The van der Waals surface area contributed by atoms with E-state index in [1.807, 2.05) is 42.6 Å². The molecule has 4 heteroatoms. The van der Waals surface area contributed by atoms with Gasteiger partial charge < -0.3 is 5.11 Å². The zero-order valence-electron chi connectivity index (χ0n) is 8.18. The third-order valence-electron chi connectivity index (χ3n) is 2.09. The van der Waals surface area contributed by atoms with Crippen LogP contribution in [0.15, 0.2) is 35.7 Å². The van der Waals surface area contributed by atoms with Crippen molar-refractivity contribution in [2.24, 2.45) is 0 Å². The van der Waals surface area contributed by atoms with E-state index in [4.69, 9.17) is 5.11 Å². The van der Waals surface area contributed by atoms with Gasteiger partial charge in [-0.15, -0.1) is 4.57 Å². The first-order valence-corrected chi connectivity index (χ1v) is 5.37. The fourth-order valence-electron chi connectivity index (χ4n) is 1.45. The first-order valence-electron chi connectivity index (χ1n) is 4.49. The Balaban J connectivity index is 2.62. The Kier molecular flexibility index (Phi) is 2.51. The first kappa shape index (κ1) is 9.86. The minimum atomic E-state index is -0.892. The van der Waals surface area contributed by atoms with Gasteiger partial charge in [0.05, 0.1) is 5.38 Å². The molecule has 0 radical (unpaired) electrons. The van der Waals surface area contributed by atoms with Gasteiger partial charge in [0.2, 0.25) is 5.69 Å². The van der Waals surface area contributed by atoms with Gasteiger partial charge >= 0.3 is 11.0 Å². The number of aryl methyl sites for hydroxylation is 1. The third-order valence-corrected chi connectivity index (χ3v) is 3.13. The maximum absolute atomic E-state index is 11.0. The molecule has 0 bridgehead atoms. The van der Waals surface area contributed by atoms with Gasteiger partial charge in [0, 0.05) is 19.1 Å². The average Bonchev–Trinajstić information content (AvgIpc) is 2.61. The molecule has 76 valence electrons. The molecule has 0 aliphatic heterocycles. The van der Waals surface area contributed by atoms with E-state index >= 15 is 0 Å². The zero-order chi connectivity index (χ0) is 10.8. The predicted molar refractivity (Wildman–Crippen MR) is 57.5 cm³/mol. The largest absolute Gasteiger partial charge is 0.473 e. The van der Waals surface area contributed by atoms with Crippen LogP contribution in [0.4, 0.5) is 0 Å². The standard InChI is InChI=1S/C11H9NO2S/c1-8-7-15-10(11(13)14)12(8)9-5-3-2-4-6-9/h2-7H,1H3/p+1. The highest BCUT2D eigenvalue weighted by Gasteiger charge is 2.25. The van der Waals surface area contributed by atoms with Gasteiger partial charge in [0.25, 0.3) is 0 Å². The van der Waals surface area contributed by atoms with E-state index in [0.717, 1.165) is 11.4 Å². The highest BCUT2D eigenvalue weighted by molar-refractivity contribution is 7.11. The molecule has 0 spiro atoms.